The van der Waals surface area contributed by atoms with Crippen molar-refractivity contribution in [1.29, 1.82) is 0 Å². The second kappa shape index (κ2) is 7.89. The molecule has 0 rings (SSSR count). The topological polar surface area (TPSA) is 46.5 Å². The lowest BCUT2D eigenvalue weighted by Crippen LogP contribution is -1.84. The molecular formula is C9H13NO2. The van der Waals surface area contributed by atoms with Crippen molar-refractivity contribution in [2.75, 3.05) is 0 Å². The molecule has 0 saturated carbocycles. The van der Waals surface area contributed by atoms with Crippen LogP contribution in [-0.4, -0.2) is 12.0 Å². The summed E-state index contributed by atoms with van der Waals surface area (Å²) < 4.78 is 0. The Morgan fingerprint density at radius 3 is 2.83 bits per heavy atom. The molecule has 0 aromatic carbocycles. The highest BCUT2D eigenvalue weighted by molar-refractivity contribution is 5.91. The Hall–Kier alpha value is -1.21. The summed E-state index contributed by atoms with van der Waals surface area (Å²) in [5, 5.41) is 0. The molecule has 0 aliphatic carbocycles. The zero-order valence-electron chi connectivity index (χ0n) is 7.25. The first-order valence-electron chi connectivity index (χ1n) is 4.09. The Morgan fingerprint density at radius 2 is 2.25 bits per heavy atom. The minimum atomic E-state index is -0.526. The molecule has 0 N–H and O–H groups in total. The molecule has 0 bridgehead atoms. The van der Waals surface area contributed by atoms with Crippen LogP contribution >= 0.6 is 0 Å². The molecule has 0 aromatic rings. The van der Waals surface area contributed by atoms with Crippen molar-refractivity contribution < 1.29 is 9.59 Å². The van der Waals surface area contributed by atoms with Gasteiger partial charge in [-0.1, -0.05) is 25.8 Å². The van der Waals surface area contributed by atoms with Gasteiger partial charge < -0.3 is 0 Å². The summed E-state index contributed by atoms with van der Waals surface area (Å²) in [6, 6.07) is 0. The molecule has 0 fully saturated rings. The highest BCUT2D eigenvalue weighted by atomic mass is 16.2. The van der Waals surface area contributed by atoms with Gasteiger partial charge in [0.2, 0.25) is 6.08 Å². The van der Waals surface area contributed by atoms with Crippen molar-refractivity contribution >= 4 is 12.0 Å². The number of carbonyl (C=O) groups is 1. The zero-order valence-corrected chi connectivity index (χ0v) is 7.25. The molecule has 0 saturated heterocycles. The van der Waals surface area contributed by atoms with Crippen LogP contribution < -0.4 is 0 Å². The third-order valence-electron chi connectivity index (χ3n) is 1.39. The second-order valence-electron chi connectivity index (χ2n) is 2.44. The van der Waals surface area contributed by atoms with Gasteiger partial charge in [-0.15, -0.1) is 4.99 Å². The van der Waals surface area contributed by atoms with Crippen LogP contribution in [-0.2, 0) is 9.59 Å². The molecule has 0 aromatic heterocycles. The van der Waals surface area contributed by atoms with Crippen molar-refractivity contribution in [3.63, 3.8) is 0 Å². The lowest BCUT2D eigenvalue weighted by Gasteiger charge is -1.89. The van der Waals surface area contributed by atoms with Gasteiger partial charge in [-0.05, 0) is 12.8 Å². The molecule has 12 heavy (non-hydrogen) atoms. The molecule has 0 spiro atoms. The van der Waals surface area contributed by atoms with Gasteiger partial charge in [0.05, 0.1) is 0 Å². The minimum Gasteiger partial charge on any atom is -0.267 e. The van der Waals surface area contributed by atoms with Crippen LogP contribution in [0.3, 0.4) is 0 Å². The molecule has 0 aliphatic heterocycles. The molecule has 1 amide bonds. The standard InChI is InChI=1S/C9H13NO2/c1-2-3-4-5-6-7-9(12)10-8-11/h6-7H,2-5H2,1H3. The number of aliphatic imine (C=N–C) groups is 1. The van der Waals surface area contributed by atoms with E-state index in [1.165, 1.54) is 12.2 Å². The second-order valence-corrected chi connectivity index (χ2v) is 2.44. The molecule has 3 heteroatoms. The van der Waals surface area contributed by atoms with E-state index in [4.69, 9.17) is 0 Å². The minimum absolute atomic E-state index is 0.526. The first-order chi connectivity index (χ1) is 5.81. The fraction of sp³-hybridized carbons (Fsp3) is 0.556. The molecule has 0 radical (unpaired) electrons. The van der Waals surface area contributed by atoms with E-state index in [2.05, 4.69) is 11.9 Å². The molecule has 3 nitrogen and oxygen atoms in total. The van der Waals surface area contributed by atoms with Crippen LogP contribution in [0.15, 0.2) is 17.1 Å². The van der Waals surface area contributed by atoms with Gasteiger partial charge in [0.25, 0.3) is 5.91 Å². The highest BCUT2D eigenvalue weighted by Crippen LogP contribution is 1.99. The summed E-state index contributed by atoms with van der Waals surface area (Å²) in [4.78, 5) is 23.1. The molecule has 0 heterocycles. The number of allylic oxidation sites excluding steroid dienone is 1. The number of hydrogen-bond donors (Lipinski definition) is 0. The largest absolute Gasteiger partial charge is 0.280 e. The van der Waals surface area contributed by atoms with E-state index in [0.717, 1.165) is 25.7 Å². The van der Waals surface area contributed by atoms with Crippen LogP contribution in [0.5, 0.6) is 0 Å². The Bertz CT molecular complexity index is 203. The van der Waals surface area contributed by atoms with E-state index in [0.29, 0.717) is 0 Å². The van der Waals surface area contributed by atoms with E-state index in [-0.39, 0.29) is 0 Å². The third kappa shape index (κ3) is 6.90. The van der Waals surface area contributed by atoms with Gasteiger partial charge in [-0.3, -0.25) is 4.79 Å². The molecule has 66 valence electrons. The van der Waals surface area contributed by atoms with Crippen molar-refractivity contribution in [3.05, 3.63) is 12.2 Å². The first kappa shape index (κ1) is 10.8. The van der Waals surface area contributed by atoms with E-state index in [1.807, 2.05) is 0 Å². The summed E-state index contributed by atoms with van der Waals surface area (Å²) in [5.41, 5.74) is 0. The van der Waals surface area contributed by atoms with Crippen molar-refractivity contribution in [1.82, 2.24) is 0 Å². The van der Waals surface area contributed by atoms with Gasteiger partial charge in [0.1, 0.15) is 0 Å². The number of unbranched alkanes of at least 4 members (excludes halogenated alkanes) is 3. The normalized spacial score (nSPS) is 9.75. The van der Waals surface area contributed by atoms with Gasteiger partial charge in [0, 0.05) is 6.08 Å². The maximum Gasteiger partial charge on any atom is 0.280 e. The maximum absolute atomic E-state index is 10.6. The van der Waals surface area contributed by atoms with Gasteiger partial charge in [-0.25, -0.2) is 4.79 Å². The number of amides is 1. The van der Waals surface area contributed by atoms with E-state index >= 15 is 0 Å². The zero-order chi connectivity index (χ0) is 9.23. The number of isocyanates is 1. The van der Waals surface area contributed by atoms with Crippen LogP contribution in [0.4, 0.5) is 0 Å². The number of carbonyl (C=O) groups excluding carboxylic acids is 2. The SMILES string of the molecule is CCCCCC=CC(=O)N=C=O. The predicted octanol–water partition coefficient (Wildman–Crippen LogP) is 1.99. The molecule has 0 aliphatic rings. The molecule has 0 atom stereocenters. The Labute approximate surface area is 72.2 Å². The van der Waals surface area contributed by atoms with Crippen molar-refractivity contribution in [3.8, 4) is 0 Å². The lowest BCUT2D eigenvalue weighted by molar-refractivity contribution is -0.113. The van der Waals surface area contributed by atoms with Crippen molar-refractivity contribution in [2.24, 2.45) is 4.99 Å². The van der Waals surface area contributed by atoms with Gasteiger partial charge in [0.15, 0.2) is 0 Å². The summed E-state index contributed by atoms with van der Waals surface area (Å²) in [6.07, 6.45) is 8.50. The van der Waals surface area contributed by atoms with Crippen LogP contribution in [0, 0.1) is 0 Å². The summed E-state index contributed by atoms with van der Waals surface area (Å²) in [5.74, 6) is -0.526. The summed E-state index contributed by atoms with van der Waals surface area (Å²) in [7, 11) is 0. The number of nitrogens with zero attached hydrogens (tertiary/aromatic N) is 1. The lowest BCUT2D eigenvalue weighted by atomic mass is 10.2. The van der Waals surface area contributed by atoms with Crippen molar-refractivity contribution in [2.45, 2.75) is 32.6 Å². The number of rotatable bonds is 5. The first-order valence-corrected chi connectivity index (χ1v) is 4.09. The van der Waals surface area contributed by atoms with Gasteiger partial charge in [-0.2, -0.15) is 0 Å². The fourth-order valence-corrected chi connectivity index (χ4v) is 0.779. The average molecular weight is 167 g/mol. The third-order valence-corrected chi connectivity index (χ3v) is 1.39. The highest BCUT2D eigenvalue weighted by Gasteiger charge is 1.88. The Balaban J connectivity index is 3.48. The van der Waals surface area contributed by atoms with E-state index < -0.39 is 5.91 Å². The monoisotopic (exact) mass is 167 g/mol. The fourth-order valence-electron chi connectivity index (χ4n) is 0.779. The van der Waals surface area contributed by atoms with E-state index in [9.17, 15) is 9.59 Å². The quantitative estimate of drug-likeness (QED) is 0.272. The van der Waals surface area contributed by atoms with E-state index in [1.54, 1.807) is 6.08 Å². The van der Waals surface area contributed by atoms with Gasteiger partial charge >= 0.3 is 0 Å². The number of hydrogen-bond acceptors (Lipinski definition) is 2. The molecule has 0 unspecified atom stereocenters. The summed E-state index contributed by atoms with van der Waals surface area (Å²) >= 11 is 0. The molecular weight excluding hydrogens is 154 g/mol. The van der Waals surface area contributed by atoms with Crippen LogP contribution in [0.25, 0.3) is 0 Å². The summed E-state index contributed by atoms with van der Waals surface area (Å²) in [6.45, 7) is 2.12. The smallest absolute Gasteiger partial charge is 0.267 e. The Kier molecular flexibility index (Phi) is 7.10. The predicted molar refractivity (Wildman–Crippen MR) is 46.4 cm³/mol. The average Bonchev–Trinajstić information content (AvgIpc) is 2.05. The van der Waals surface area contributed by atoms with Crippen LogP contribution in [0.1, 0.15) is 32.6 Å². The Morgan fingerprint density at radius 1 is 1.50 bits per heavy atom. The maximum atomic E-state index is 10.6. The van der Waals surface area contributed by atoms with Crippen LogP contribution in [0.2, 0.25) is 0 Å².